The van der Waals surface area contributed by atoms with Gasteiger partial charge in [-0.05, 0) is 47.0 Å². The van der Waals surface area contributed by atoms with Crippen molar-refractivity contribution in [3.05, 3.63) is 34.1 Å². The minimum atomic E-state index is -0.358. The van der Waals surface area contributed by atoms with Crippen LogP contribution in [0.3, 0.4) is 0 Å². The lowest BCUT2D eigenvalue weighted by Gasteiger charge is -2.31. The van der Waals surface area contributed by atoms with E-state index >= 15 is 0 Å². The highest BCUT2D eigenvalue weighted by Gasteiger charge is 2.23. The molecule has 3 nitrogen and oxygen atoms in total. The Labute approximate surface area is 120 Å². The fraction of sp³-hybridized carbons (Fsp3) is 0.417. The molecule has 1 aromatic carbocycles. The van der Waals surface area contributed by atoms with E-state index in [0.717, 1.165) is 19.4 Å². The molecule has 0 aliphatic carbocycles. The van der Waals surface area contributed by atoms with Crippen LogP contribution < -0.4 is 5.73 Å². The van der Waals surface area contributed by atoms with Crippen LogP contribution in [0.5, 0.6) is 0 Å². The predicted molar refractivity (Wildman–Crippen MR) is 74.5 cm³/mol. The van der Waals surface area contributed by atoms with Crippen molar-refractivity contribution in [3.8, 4) is 0 Å². The Morgan fingerprint density at radius 3 is 2.83 bits per heavy atom. The summed E-state index contributed by atoms with van der Waals surface area (Å²) in [5.74, 6) is -0.448. The number of piperidine rings is 1. The second kappa shape index (κ2) is 6.50. The molecule has 2 N–H and O–H groups in total. The van der Waals surface area contributed by atoms with E-state index in [2.05, 4.69) is 15.9 Å². The first-order chi connectivity index (χ1) is 8.08. The van der Waals surface area contributed by atoms with Crippen LogP contribution in [0, 0.1) is 5.82 Å². The van der Waals surface area contributed by atoms with Gasteiger partial charge in [0.2, 0.25) is 0 Å². The van der Waals surface area contributed by atoms with Crippen LogP contribution in [0.25, 0.3) is 0 Å². The van der Waals surface area contributed by atoms with E-state index in [1.807, 2.05) is 0 Å². The van der Waals surface area contributed by atoms with Crippen LogP contribution in [0.15, 0.2) is 22.7 Å². The fourth-order valence-electron chi connectivity index (χ4n) is 2.03. The smallest absolute Gasteiger partial charge is 0.255 e. The van der Waals surface area contributed by atoms with Gasteiger partial charge < -0.3 is 10.6 Å². The number of likely N-dealkylation sites (tertiary alicyclic amines) is 1. The number of nitrogens with zero attached hydrogens (tertiary/aromatic N) is 1. The Bertz CT molecular complexity index is 444. The van der Waals surface area contributed by atoms with Crippen LogP contribution in [-0.2, 0) is 0 Å². The maximum absolute atomic E-state index is 12.9. The summed E-state index contributed by atoms with van der Waals surface area (Å²) in [5.41, 5.74) is 6.32. The summed E-state index contributed by atoms with van der Waals surface area (Å²) in [6.07, 6.45) is 1.88. The lowest BCUT2D eigenvalue weighted by Crippen LogP contribution is -2.45. The number of halogens is 3. The van der Waals surface area contributed by atoms with E-state index in [1.165, 1.54) is 18.2 Å². The summed E-state index contributed by atoms with van der Waals surface area (Å²) in [4.78, 5) is 13.9. The van der Waals surface area contributed by atoms with Gasteiger partial charge in [-0.15, -0.1) is 12.4 Å². The van der Waals surface area contributed by atoms with Crippen LogP contribution in [0.4, 0.5) is 4.39 Å². The minimum absolute atomic E-state index is 0. The molecule has 1 aromatic rings. The molecular weight excluding hydrogens is 322 g/mol. The molecule has 2 rings (SSSR count). The zero-order chi connectivity index (χ0) is 12.4. The molecule has 1 aliphatic heterocycles. The monoisotopic (exact) mass is 336 g/mol. The molecule has 100 valence electrons. The second-order valence-corrected chi connectivity index (χ2v) is 5.13. The van der Waals surface area contributed by atoms with Crippen molar-refractivity contribution in [1.82, 2.24) is 4.90 Å². The number of carbonyl (C=O) groups excluding carboxylic acids is 1. The Hall–Kier alpha value is -0.650. The number of nitrogens with two attached hydrogens (primary N) is 1. The molecule has 0 aromatic heterocycles. The zero-order valence-corrected chi connectivity index (χ0v) is 12.1. The van der Waals surface area contributed by atoms with Gasteiger partial charge in [0.05, 0.1) is 5.56 Å². The summed E-state index contributed by atoms with van der Waals surface area (Å²) in [5, 5.41) is 0. The molecule has 1 atom stereocenters. The standard InChI is InChI=1S/C12H14BrFN2O.ClH/c13-11-6-8(14)3-4-10(11)12(17)16-5-1-2-9(15)7-16;/h3-4,6,9H,1-2,5,7,15H2;1H. The molecule has 0 radical (unpaired) electrons. The van der Waals surface area contributed by atoms with Gasteiger partial charge in [0, 0.05) is 23.6 Å². The van der Waals surface area contributed by atoms with E-state index in [0.29, 0.717) is 16.6 Å². The Kier molecular flexibility index (Phi) is 5.56. The van der Waals surface area contributed by atoms with Gasteiger partial charge in [-0.2, -0.15) is 0 Å². The third-order valence-corrected chi connectivity index (χ3v) is 3.56. The summed E-state index contributed by atoms with van der Waals surface area (Å²) in [7, 11) is 0. The third kappa shape index (κ3) is 3.43. The lowest BCUT2D eigenvalue weighted by atomic mass is 10.1. The van der Waals surface area contributed by atoms with Crippen molar-refractivity contribution in [1.29, 1.82) is 0 Å². The summed E-state index contributed by atoms with van der Waals surface area (Å²) in [6, 6.07) is 4.15. The quantitative estimate of drug-likeness (QED) is 0.856. The summed E-state index contributed by atoms with van der Waals surface area (Å²) >= 11 is 3.21. The van der Waals surface area contributed by atoms with Crippen molar-refractivity contribution in [2.45, 2.75) is 18.9 Å². The van der Waals surface area contributed by atoms with E-state index in [-0.39, 0.29) is 30.2 Å². The first kappa shape index (κ1) is 15.4. The number of rotatable bonds is 1. The normalized spacial score (nSPS) is 19.3. The number of carbonyl (C=O) groups is 1. The molecule has 1 aliphatic rings. The zero-order valence-electron chi connectivity index (χ0n) is 9.73. The Balaban J connectivity index is 0.00000162. The Morgan fingerprint density at radius 2 is 2.22 bits per heavy atom. The molecular formula is C12H15BrClFN2O. The van der Waals surface area contributed by atoms with E-state index in [1.54, 1.807) is 4.90 Å². The van der Waals surface area contributed by atoms with Gasteiger partial charge in [0.1, 0.15) is 5.82 Å². The molecule has 18 heavy (non-hydrogen) atoms. The van der Waals surface area contributed by atoms with Crippen molar-refractivity contribution >= 4 is 34.2 Å². The first-order valence-corrected chi connectivity index (χ1v) is 6.37. The van der Waals surface area contributed by atoms with Gasteiger partial charge in [0.25, 0.3) is 5.91 Å². The summed E-state index contributed by atoms with van der Waals surface area (Å²) in [6.45, 7) is 1.29. The molecule has 1 saturated heterocycles. The molecule has 1 unspecified atom stereocenters. The van der Waals surface area contributed by atoms with Gasteiger partial charge in [0.15, 0.2) is 0 Å². The van der Waals surface area contributed by atoms with Crippen LogP contribution >= 0.6 is 28.3 Å². The maximum Gasteiger partial charge on any atom is 0.255 e. The number of amides is 1. The number of hydrogen-bond donors (Lipinski definition) is 1. The largest absolute Gasteiger partial charge is 0.337 e. The van der Waals surface area contributed by atoms with Crippen LogP contribution in [0.1, 0.15) is 23.2 Å². The topological polar surface area (TPSA) is 46.3 Å². The van der Waals surface area contributed by atoms with Crippen molar-refractivity contribution in [3.63, 3.8) is 0 Å². The molecule has 1 heterocycles. The van der Waals surface area contributed by atoms with Crippen LogP contribution in [-0.4, -0.2) is 29.9 Å². The maximum atomic E-state index is 12.9. The lowest BCUT2D eigenvalue weighted by molar-refractivity contribution is 0.0708. The van der Waals surface area contributed by atoms with Gasteiger partial charge in [-0.3, -0.25) is 4.79 Å². The molecule has 0 spiro atoms. The van der Waals surface area contributed by atoms with Crippen LogP contribution in [0.2, 0.25) is 0 Å². The molecule has 6 heteroatoms. The summed E-state index contributed by atoms with van der Waals surface area (Å²) < 4.78 is 13.4. The highest BCUT2D eigenvalue weighted by atomic mass is 79.9. The van der Waals surface area contributed by atoms with E-state index in [9.17, 15) is 9.18 Å². The molecule has 1 amide bonds. The second-order valence-electron chi connectivity index (χ2n) is 4.28. The van der Waals surface area contributed by atoms with Gasteiger partial charge in [-0.25, -0.2) is 4.39 Å². The first-order valence-electron chi connectivity index (χ1n) is 5.58. The van der Waals surface area contributed by atoms with Crippen molar-refractivity contribution < 1.29 is 9.18 Å². The van der Waals surface area contributed by atoms with E-state index in [4.69, 9.17) is 5.73 Å². The third-order valence-electron chi connectivity index (χ3n) is 2.91. The average molecular weight is 338 g/mol. The van der Waals surface area contributed by atoms with Crippen molar-refractivity contribution in [2.24, 2.45) is 5.73 Å². The molecule has 1 fully saturated rings. The number of benzene rings is 1. The van der Waals surface area contributed by atoms with Gasteiger partial charge in [-0.1, -0.05) is 0 Å². The minimum Gasteiger partial charge on any atom is -0.337 e. The molecule has 0 saturated carbocycles. The Morgan fingerprint density at radius 1 is 1.50 bits per heavy atom. The highest BCUT2D eigenvalue weighted by molar-refractivity contribution is 9.10. The average Bonchev–Trinajstić information content (AvgIpc) is 2.28. The van der Waals surface area contributed by atoms with E-state index < -0.39 is 0 Å². The fourth-order valence-corrected chi connectivity index (χ4v) is 2.55. The van der Waals surface area contributed by atoms with Crippen molar-refractivity contribution in [2.75, 3.05) is 13.1 Å². The van der Waals surface area contributed by atoms with Gasteiger partial charge >= 0.3 is 0 Å². The highest BCUT2D eigenvalue weighted by Crippen LogP contribution is 2.21. The SMILES string of the molecule is Cl.NC1CCCN(C(=O)c2ccc(F)cc2Br)C1. The predicted octanol–water partition coefficient (Wildman–Crippen LogP) is 2.57. The molecule has 0 bridgehead atoms. The number of hydrogen-bond acceptors (Lipinski definition) is 2.